The number of hydrogen-bond donors (Lipinski definition) is 1. The Morgan fingerprint density at radius 2 is 2.00 bits per heavy atom. The largest absolute Gasteiger partial charge is 0.346 e. The van der Waals surface area contributed by atoms with Crippen molar-refractivity contribution in [2.24, 2.45) is 0 Å². The Labute approximate surface area is 91.6 Å². The smallest absolute Gasteiger partial charge is 0.185 e. The van der Waals surface area contributed by atoms with Gasteiger partial charge in [-0.2, -0.15) is 0 Å². The molecule has 0 amide bonds. The molecule has 2 rings (SSSR count). The summed E-state index contributed by atoms with van der Waals surface area (Å²) in [6.45, 7) is 2.06. The quantitative estimate of drug-likeness (QED) is 0.838. The predicted molar refractivity (Wildman–Crippen MR) is 61.6 cm³/mol. The highest BCUT2D eigenvalue weighted by atomic mass is 35.5. The molecule has 0 aliphatic rings. The maximum Gasteiger partial charge on any atom is 0.185 e. The number of halogens is 1. The van der Waals surface area contributed by atoms with Crippen LogP contribution in [0.3, 0.4) is 0 Å². The Hall–Kier alpha value is -1.06. The van der Waals surface area contributed by atoms with E-state index in [1.165, 1.54) is 16.9 Å². The fraction of sp³-hybridized carbons (Fsp3) is 0.100. The lowest BCUT2D eigenvalue weighted by Gasteiger charge is -2.02. The van der Waals surface area contributed by atoms with Gasteiger partial charge in [0.25, 0.3) is 0 Å². The number of aromatic nitrogens is 1. The highest BCUT2D eigenvalue weighted by molar-refractivity contribution is 7.19. The monoisotopic (exact) mass is 224 g/mol. The van der Waals surface area contributed by atoms with Gasteiger partial charge in [-0.05, 0) is 19.1 Å². The second kappa shape index (κ2) is 3.98. The molecule has 72 valence electrons. The van der Waals surface area contributed by atoms with E-state index in [2.05, 4.69) is 29.4 Å². The van der Waals surface area contributed by atoms with Crippen LogP contribution in [0, 0.1) is 6.92 Å². The number of anilines is 2. The SMILES string of the molecule is Cc1ccc(Nc2cnc(Cl)s2)cc1. The molecule has 0 fully saturated rings. The molecule has 2 nitrogen and oxygen atoms in total. The summed E-state index contributed by atoms with van der Waals surface area (Å²) < 4.78 is 0.555. The molecule has 0 saturated carbocycles. The van der Waals surface area contributed by atoms with Gasteiger partial charge in [0.05, 0.1) is 6.20 Å². The minimum atomic E-state index is 0.555. The summed E-state index contributed by atoms with van der Waals surface area (Å²) in [5.41, 5.74) is 2.30. The lowest BCUT2D eigenvalue weighted by molar-refractivity contribution is 1.41. The first-order valence-electron chi connectivity index (χ1n) is 4.19. The Bertz CT molecular complexity index is 422. The number of nitrogens with zero attached hydrogens (tertiary/aromatic N) is 1. The standard InChI is InChI=1S/C10H9ClN2S/c1-7-2-4-8(5-3-7)13-9-6-12-10(11)14-9/h2-6,13H,1H3. The van der Waals surface area contributed by atoms with E-state index in [-0.39, 0.29) is 0 Å². The summed E-state index contributed by atoms with van der Waals surface area (Å²) in [7, 11) is 0. The number of aryl methyl sites for hydroxylation is 1. The first-order chi connectivity index (χ1) is 6.74. The zero-order valence-corrected chi connectivity index (χ0v) is 9.19. The van der Waals surface area contributed by atoms with Gasteiger partial charge < -0.3 is 5.32 Å². The Kier molecular flexibility index (Phi) is 2.70. The molecule has 0 aliphatic heterocycles. The van der Waals surface area contributed by atoms with Crippen LogP contribution in [0.4, 0.5) is 10.7 Å². The van der Waals surface area contributed by atoms with Crippen molar-refractivity contribution in [1.82, 2.24) is 4.98 Å². The molecule has 0 atom stereocenters. The van der Waals surface area contributed by atoms with Crippen molar-refractivity contribution in [2.75, 3.05) is 5.32 Å². The zero-order valence-electron chi connectivity index (χ0n) is 7.62. The van der Waals surface area contributed by atoms with Gasteiger partial charge in [-0.3, -0.25) is 0 Å². The molecule has 0 unspecified atom stereocenters. The van der Waals surface area contributed by atoms with Gasteiger partial charge in [-0.1, -0.05) is 40.6 Å². The lowest BCUT2D eigenvalue weighted by atomic mass is 10.2. The molecule has 1 aromatic heterocycles. The summed E-state index contributed by atoms with van der Waals surface area (Å²) in [5, 5.41) is 4.18. The van der Waals surface area contributed by atoms with Gasteiger partial charge in [0.2, 0.25) is 0 Å². The Morgan fingerprint density at radius 3 is 2.57 bits per heavy atom. The highest BCUT2D eigenvalue weighted by Gasteiger charge is 1.98. The van der Waals surface area contributed by atoms with Crippen molar-refractivity contribution in [3.8, 4) is 0 Å². The molecule has 0 saturated heterocycles. The number of nitrogens with one attached hydrogen (secondary N) is 1. The third-order valence-corrected chi connectivity index (χ3v) is 2.83. The van der Waals surface area contributed by atoms with E-state index in [9.17, 15) is 0 Å². The molecular weight excluding hydrogens is 216 g/mol. The third-order valence-electron chi connectivity index (χ3n) is 1.80. The number of hydrogen-bond acceptors (Lipinski definition) is 3. The summed E-state index contributed by atoms with van der Waals surface area (Å²) in [5.74, 6) is 0. The third kappa shape index (κ3) is 2.25. The summed E-state index contributed by atoms with van der Waals surface area (Å²) in [6.07, 6.45) is 1.73. The number of rotatable bonds is 2. The van der Waals surface area contributed by atoms with E-state index in [4.69, 9.17) is 11.6 Å². The first-order valence-corrected chi connectivity index (χ1v) is 5.38. The molecule has 4 heteroatoms. The van der Waals surface area contributed by atoms with Crippen LogP contribution in [0.5, 0.6) is 0 Å². The molecule has 0 bridgehead atoms. The molecular formula is C10H9ClN2S. The van der Waals surface area contributed by atoms with Gasteiger partial charge in [0, 0.05) is 5.69 Å². The molecule has 1 aromatic carbocycles. The molecule has 1 heterocycles. The Balaban J connectivity index is 2.15. The van der Waals surface area contributed by atoms with Crippen LogP contribution < -0.4 is 5.32 Å². The van der Waals surface area contributed by atoms with Gasteiger partial charge in [-0.25, -0.2) is 4.98 Å². The summed E-state index contributed by atoms with van der Waals surface area (Å²) in [6, 6.07) is 8.18. The molecule has 0 aliphatic carbocycles. The van der Waals surface area contributed by atoms with Crippen LogP contribution >= 0.6 is 22.9 Å². The fourth-order valence-corrected chi connectivity index (χ4v) is 1.95. The normalized spacial score (nSPS) is 10.1. The van der Waals surface area contributed by atoms with Crippen molar-refractivity contribution in [1.29, 1.82) is 0 Å². The first kappa shape index (κ1) is 9.49. The van der Waals surface area contributed by atoms with Crippen LogP contribution in [0.2, 0.25) is 4.47 Å². The molecule has 14 heavy (non-hydrogen) atoms. The summed E-state index contributed by atoms with van der Waals surface area (Å²) in [4.78, 5) is 3.95. The second-order valence-corrected chi connectivity index (χ2v) is 4.58. The predicted octanol–water partition coefficient (Wildman–Crippen LogP) is 3.85. The van der Waals surface area contributed by atoms with Gasteiger partial charge in [0.15, 0.2) is 4.47 Å². The van der Waals surface area contributed by atoms with Crippen LogP contribution in [0.25, 0.3) is 0 Å². The lowest BCUT2D eigenvalue weighted by Crippen LogP contribution is -1.86. The van der Waals surface area contributed by atoms with Gasteiger partial charge in [-0.15, -0.1) is 0 Å². The molecule has 1 N–H and O–H groups in total. The maximum absolute atomic E-state index is 5.72. The van der Waals surface area contributed by atoms with Crippen molar-refractivity contribution in [3.05, 3.63) is 40.5 Å². The fourth-order valence-electron chi connectivity index (χ4n) is 1.09. The highest BCUT2D eigenvalue weighted by Crippen LogP contribution is 2.26. The minimum absolute atomic E-state index is 0.555. The van der Waals surface area contributed by atoms with Crippen LogP contribution in [-0.2, 0) is 0 Å². The Morgan fingerprint density at radius 1 is 1.29 bits per heavy atom. The van der Waals surface area contributed by atoms with Crippen molar-refractivity contribution >= 4 is 33.6 Å². The van der Waals surface area contributed by atoms with E-state index >= 15 is 0 Å². The minimum Gasteiger partial charge on any atom is -0.346 e. The topological polar surface area (TPSA) is 24.9 Å². The summed E-state index contributed by atoms with van der Waals surface area (Å²) >= 11 is 7.15. The van der Waals surface area contributed by atoms with Crippen molar-refractivity contribution in [2.45, 2.75) is 6.92 Å². The van der Waals surface area contributed by atoms with Gasteiger partial charge in [0.1, 0.15) is 5.00 Å². The van der Waals surface area contributed by atoms with E-state index < -0.39 is 0 Å². The van der Waals surface area contributed by atoms with E-state index in [1.807, 2.05) is 12.1 Å². The van der Waals surface area contributed by atoms with Crippen molar-refractivity contribution < 1.29 is 0 Å². The maximum atomic E-state index is 5.72. The molecule has 0 spiro atoms. The van der Waals surface area contributed by atoms with Crippen LogP contribution in [0.15, 0.2) is 30.5 Å². The second-order valence-electron chi connectivity index (χ2n) is 2.97. The van der Waals surface area contributed by atoms with Crippen LogP contribution in [-0.4, -0.2) is 4.98 Å². The molecule has 2 aromatic rings. The zero-order chi connectivity index (χ0) is 9.97. The average molecular weight is 225 g/mol. The number of thiazole rings is 1. The molecule has 0 radical (unpaired) electrons. The van der Waals surface area contributed by atoms with E-state index in [1.54, 1.807) is 6.20 Å². The van der Waals surface area contributed by atoms with Crippen molar-refractivity contribution in [3.63, 3.8) is 0 Å². The van der Waals surface area contributed by atoms with E-state index in [0.717, 1.165) is 10.7 Å². The number of benzene rings is 1. The van der Waals surface area contributed by atoms with Gasteiger partial charge >= 0.3 is 0 Å². The average Bonchev–Trinajstić information content (AvgIpc) is 2.56. The van der Waals surface area contributed by atoms with Crippen LogP contribution in [0.1, 0.15) is 5.56 Å². The van der Waals surface area contributed by atoms with E-state index in [0.29, 0.717) is 4.47 Å².